The number of nitrogens with one attached hydrogen (secondary N) is 2. The predicted molar refractivity (Wildman–Crippen MR) is 119 cm³/mol. The molecule has 1 aliphatic carbocycles. The number of nitrogens with zero attached hydrogens (tertiary/aromatic N) is 1. The summed E-state index contributed by atoms with van der Waals surface area (Å²) in [6.45, 7) is 3.74. The van der Waals surface area contributed by atoms with Crippen LogP contribution in [0.3, 0.4) is 0 Å². The lowest BCUT2D eigenvalue weighted by atomic mass is 9.93. The number of sulfonamides is 1. The second-order valence-electron chi connectivity index (χ2n) is 7.50. The van der Waals surface area contributed by atoms with Gasteiger partial charge in [-0.1, -0.05) is 30.3 Å². The molecule has 7 nitrogen and oxygen atoms in total. The summed E-state index contributed by atoms with van der Waals surface area (Å²) in [6, 6.07) is 15.6. The van der Waals surface area contributed by atoms with Gasteiger partial charge in [-0.05, 0) is 56.5 Å². The summed E-state index contributed by atoms with van der Waals surface area (Å²) in [4.78, 5) is 15.3. The second-order valence-corrected chi connectivity index (χ2v) is 9.16. The molecule has 1 heterocycles. The highest BCUT2D eigenvalue weighted by Gasteiger charge is 2.28. The SMILES string of the molecule is Cc1cccc(NC(=O)c2oc3c(c2C)/C(=N/NS(=O)(=O)c2ccccc2)CCC3)c1. The smallest absolute Gasteiger partial charge is 0.291 e. The average molecular weight is 438 g/mol. The molecule has 160 valence electrons. The van der Waals surface area contributed by atoms with Crippen LogP contribution in [0.15, 0.2) is 69.0 Å². The van der Waals surface area contributed by atoms with Crippen LogP contribution >= 0.6 is 0 Å². The van der Waals surface area contributed by atoms with E-state index in [2.05, 4.69) is 15.2 Å². The van der Waals surface area contributed by atoms with Crippen LogP contribution in [0.1, 0.15) is 45.8 Å². The number of rotatable bonds is 5. The molecule has 0 spiro atoms. The minimum absolute atomic E-state index is 0.137. The Hall–Kier alpha value is -3.39. The molecule has 2 N–H and O–H groups in total. The fraction of sp³-hybridized carbons (Fsp3) is 0.217. The van der Waals surface area contributed by atoms with Gasteiger partial charge < -0.3 is 9.73 Å². The lowest BCUT2D eigenvalue weighted by Gasteiger charge is -2.14. The van der Waals surface area contributed by atoms with E-state index in [1.54, 1.807) is 25.1 Å². The van der Waals surface area contributed by atoms with Crippen LogP contribution < -0.4 is 10.1 Å². The zero-order valence-corrected chi connectivity index (χ0v) is 18.1. The third-order valence-electron chi connectivity index (χ3n) is 5.16. The molecule has 0 atom stereocenters. The number of hydrogen-bond acceptors (Lipinski definition) is 5. The molecule has 2 aromatic carbocycles. The van der Waals surface area contributed by atoms with Crippen molar-refractivity contribution < 1.29 is 17.6 Å². The number of anilines is 1. The Morgan fingerprint density at radius 1 is 1.03 bits per heavy atom. The number of hydrogen-bond donors (Lipinski definition) is 2. The Kier molecular flexibility index (Phi) is 5.65. The zero-order valence-electron chi connectivity index (χ0n) is 17.3. The number of amides is 1. The highest BCUT2D eigenvalue weighted by Crippen LogP contribution is 2.30. The first-order valence-electron chi connectivity index (χ1n) is 9.99. The number of carbonyl (C=O) groups excluding carboxylic acids is 1. The summed E-state index contributed by atoms with van der Waals surface area (Å²) < 4.78 is 30.9. The van der Waals surface area contributed by atoms with Gasteiger partial charge in [0.25, 0.3) is 15.9 Å². The molecule has 0 saturated carbocycles. The van der Waals surface area contributed by atoms with E-state index in [4.69, 9.17) is 4.42 Å². The third-order valence-corrected chi connectivity index (χ3v) is 6.39. The maximum Gasteiger partial charge on any atom is 0.291 e. The van der Waals surface area contributed by atoms with E-state index in [0.29, 0.717) is 41.1 Å². The topological polar surface area (TPSA) is 101 Å². The van der Waals surface area contributed by atoms with Crippen molar-refractivity contribution in [3.05, 3.63) is 82.8 Å². The van der Waals surface area contributed by atoms with Crippen molar-refractivity contribution in [1.29, 1.82) is 0 Å². The number of hydrazone groups is 1. The van der Waals surface area contributed by atoms with Gasteiger partial charge in [0.15, 0.2) is 5.76 Å². The zero-order chi connectivity index (χ0) is 22.0. The van der Waals surface area contributed by atoms with Crippen molar-refractivity contribution in [2.75, 3.05) is 5.32 Å². The number of furan rings is 1. The van der Waals surface area contributed by atoms with E-state index < -0.39 is 10.0 Å². The Bertz CT molecular complexity index is 1260. The summed E-state index contributed by atoms with van der Waals surface area (Å²) in [5.41, 5.74) is 3.64. The molecule has 0 aliphatic heterocycles. The second kappa shape index (κ2) is 8.39. The first kappa shape index (κ1) is 20.9. The van der Waals surface area contributed by atoms with Crippen molar-refractivity contribution >= 4 is 27.3 Å². The van der Waals surface area contributed by atoms with Gasteiger partial charge in [0.1, 0.15) is 5.76 Å². The lowest BCUT2D eigenvalue weighted by Crippen LogP contribution is -2.22. The van der Waals surface area contributed by atoms with Gasteiger partial charge in [-0.2, -0.15) is 18.4 Å². The molecule has 0 bridgehead atoms. The lowest BCUT2D eigenvalue weighted by molar-refractivity contribution is 0.0994. The Labute approximate surface area is 181 Å². The molecule has 0 saturated heterocycles. The van der Waals surface area contributed by atoms with Crippen molar-refractivity contribution in [2.45, 2.75) is 38.0 Å². The highest BCUT2D eigenvalue weighted by atomic mass is 32.2. The summed E-state index contributed by atoms with van der Waals surface area (Å²) in [5, 5.41) is 7.05. The third kappa shape index (κ3) is 4.39. The molecule has 0 unspecified atom stereocenters. The molecule has 31 heavy (non-hydrogen) atoms. The van der Waals surface area contributed by atoms with Gasteiger partial charge in [-0.25, -0.2) is 0 Å². The van der Waals surface area contributed by atoms with E-state index in [0.717, 1.165) is 12.0 Å². The van der Waals surface area contributed by atoms with Crippen LogP contribution in [-0.2, 0) is 16.4 Å². The molecule has 0 radical (unpaired) electrons. The van der Waals surface area contributed by atoms with E-state index >= 15 is 0 Å². The number of benzene rings is 2. The Balaban J connectivity index is 1.61. The summed E-state index contributed by atoms with van der Waals surface area (Å²) in [5.74, 6) is 0.518. The highest BCUT2D eigenvalue weighted by molar-refractivity contribution is 7.89. The average Bonchev–Trinajstić information content (AvgIpc) is 3.10. The molecule has 4 rings (SSSR count). The maximum atomic E-state index is 12.8. The van der Waals surface area contributed by atoms with Gasteiger partial charge in [0, 0.05) is 23.2 Å². The maximum absolute atomic E-state index is 12.8. The van der Waals surface area contributed by atoms with Gasteiger partial charge in [-0.3, -0.25) is 4.79 Å². The van der Waals surface area contributed by atoms with E-state index in [1.165, 1.54) is 12.1 Å². The Morgan fingerprint density at radius 3 is 2.55 bits per heavy atom. The summed E-state index contributed by atoms with van der Waals surface area (Å²) in [6.07, 6.45) is 2.01. The molecule has 1 amide bonds. The number of aryl methyl sites for hydroxylation is 2. The van der Waals surface area contributed by atoms with Crippen LogP contribution in [0.5, 0.6) is 0 Å². The van der Waals surface area contributed by atoms with E-state index in [9.17, 15) is 13.2 Å². The van der Waals surface area contributed by atoms with Crippen LogP contribution in [0, 0.1) is 13.8 Å². The molecular weight excluding hydrogens is 414 g/mol. The van der Waals surface area contributed by atoms with Crippen molar-refractivity contribution in [2.24, 2.45) is 5.10 Å². The monoisotopic (exact) mass is 437 g/mol. The molecule has 0 fully saturated rings. The normalized spacial score (nSPS) is 14.8. The van der Waals surface area contributed by atoms with Crippen LogP contribution in [-0.4, -0.2) is 20.0 Å². The quantitative estimate of drug-likeness (QED) is 0.585. The first-order chi connectivity index (χ1) is 14.8. The van der Waals surface area contributed by atoms with Gasteiger partial charge >= 0.3 is 0 Å². The van der Waals surface area contributed by atoms with Crippen LogP contribution in [0.25, 0.3) is 0 Å². The fourth-order valence-electron chi connectivity index (χ4n) is 3.67. The summed E-state index contributed by atoms with van der Waals surface area (Å²) >= 11 is 0. The van der Waals surface area contributed by atoms with Gasteiger partial charge in [0.2, 0.25) is 0 Å². The molecule has 1 aliphatic rings. The summed E-state index contributed by atoms with van der Waals surface area (Å²) in [7, 11) is -3.78. The molecule has 3 aromatic rings. The Morgan fingerprint density at radius 2 is 1.81 bits per heavy atom. The predicted octanol–water partition coefficient (Wildman–Crippen LogP) is 4.17. The largest absolute Gasteiger partial charge is 0.455 e. The molecule has 1 aromatic heterocycles. The standard InChI is InChI=1S/C23H23N3O4S/c1-15-8-6-9-17(14-15)24-23(27)22-16(2)21-19(12-7-13-20(21)30-22)25-26-31(28,29)18-10-4-3-5-11-18/h3-6,8-11,14,26H,7,12-13H2,1-2H3,(H,24,27)/b25-19+. The first-order valence-corrected chi connectivity index (χ1v) is 11.5. The molecule has 8 heteroatoms. The minimum Gasteiger partial charge on any atom is -0.455 e. The molecular formula is C23H23N3O4S. The van der Waals surface area contributed by atoms with Crippen molar-refractivity contribution in [3.63, 3.8) is 0 Å². The van der Waals surface area contributed by atoms with Crippen molar-refractivity contribution in [1.82, 2.24) is 4.83 Å². The van der Waals surface area contributed by atoms with Gasteiger partial charge in [0.05, 0.1) is 10.6 Å². The van der Waals surface area contributed by atoms with Gasteiger partial charge in [-0.15, -0.1) is 0 Å². The fourth-order valence-corrected chi connectivity index (χ4v) is 4.53. The number of fused-ring (bicyclic) bond motifs is 1. The van der Waals surface area contributed by atoms with E-state index in [1.807, 2.05) is 31.2 Å². The number of carbonyl (C=O) groups is 1. The van der Waals surface area contributed by atoms with Crippen LogP contribution in [0.2, 0.25) is 0 Å². The van der Waals surface area contributed by atoms with E-state index in [-0.39, 0.29) is 16.6 Å². The van der Waals surface area contributed by atoms with Crippen molar-refractivity contribution in [3.8, 4) is 0 Å². The minimum atomic E-state index is -3.78. The van der Waals surface area contributed by atoms with Crippen LogP contribution in [0.4, 0.5) is 5.69 Å².